The number of amides is 1. The average Bonchev–Trinajstić information content (AvgIpc) is 3.09. The fourth-order valence-electron chi connectivity index (χ4n) is 3.10. The molecule has 3 rings (SSSR count). The molecule has 0 bridgehead atoms. The Balaban J connectivity index is 1.57. The predicted molar refractivity (Wildman–Crippen MR) is 95.1 cm³/mol. The van der Waals surface area contributed by atoms with Crippen molar-refractivity contribution in [2.45, 2.75) is 45.1 Å². The van der Waals surface area contributed by atoms with E-state index in [1.807, 2.05) is 0 Å². The number of aromatic nitrogens is 2. The minimum absolute atomic E-state index is 0.220. The first-order chi connectivity index (χ1) is 12.1. The van der Waals surface area contributed by atoms with Gasteiger partial charge in [-0.1, -0.05) is 25.0 Å². The lowest BCUT2D eigenvalue weighted by Crippen LogP contribution is -2.27. The van der Waals surface area contributed by atoms with Crippen LogP contribution in [-0.2, 0) is 6.42 Å². The van der Waals surface area contributed by atoms with E-state index < -0.39 is 0 Å². The number of carbonyl (C=O) groups excluding carboxylic acids is 1. The molecule has 1 aromatic heterocycles. The summed E-state index contributed by atoms with van der Waals surface area (Å²) in [5, 5.41) is 6.26. The fraction of sp³-hybridized carbons (Fsp3) is 0.421. The van der Waals surface area contributed by atoms with Crippen molar-refractivity contribution >= 4 is 11.7 Å². The minimum Gasteiger partial charge on any atom is -0.367 e. The number of halogens is 1. The van der Waals surface area contributed by atoms with Crippen LogP contribution in [0.15, 0.2) is 30.3 Å². The molecular weight excluding hydrogens is 319 g/mol. The van der Waals surface area contributed by atoms with E-state index in [1.54, 1.807) is 25.1 Å². The standard InChI is InChI=1S/C19H23FN4O/c1-13-22-17(12-18(23-13)24-16-4-2-3-5-16)19(25)21-11-10-14-6-8-15(20)9-7-14/h6-9,12,16H,2-5,10-11H2,1H3,(H,21,25)(H,22,23,24). The summed E-state index contributed by atoms with van der Waals surface area (Å²) < 4.78 is 12.9. The third kappa shape index (κ3) is 4.98. The number of nitrogens with one attached hydrogen (secondary N) is 2. The van der Waals surface area contributed by atoms with E-state index in [4.69, 9.17) is 0 Å². The van der Waals surface area contributed by atoms with Crippen molar-refractivity contribution in [3.8, 4) is 0 Å². The summed E-state index contributed by atoms with van der Waals surface area (Å²) in [4.78, 5) is 21.0. The van der Waals surface area contributed by atoms with Gasteiger partial charge in [-0.3, -0.25) is 4.79 Å². The number of nitrogens with zero attached hydrogens (tertiary/aromatic N) is 2. The summed E-state index contributed by atoms with van der Waals surface area (Å²) in [5.74, 6) is 0.809. The number of rotatable bonds is 6. The van der Waals surface area contributed by atoms with Crippen molar-refractivity contribution in [1.82, 2.24) is 15.3 Å². The summed E-state index contributed by atoms with van der Waals surface area (Å²) in [5.41, 5.74) is 1.34. The van der Waals surface area contributed by atoms with Gasteiger partial charge in [-0.05, 0) is 43.9 Å². The largest absolute Gasteiger partial charge is 0.367 e. The first-order valence-electron chi connectivity index (χ1n) is 8.75. The number of carbonyl (C=O) groups is 1. The van der Waals surface area contributed by atoms with Gasteiger partial charge in [0.1, 0.15) is 23.2 Å². The molecule has 5 nitrogen and oxygen atoms in total. The van der Waals surface area contributed by atoms with E-state index in [9.17, 15) is 9.18 Å². The maximum Gasteiger partial charge on any atom is 0.270 e. The Kier molecular flexibility index (Phi) is 5.58. The maximum atomic E-state index is 12.9. The monoisotopic (exact) mass is 342 g/mol. The summed E-state index contributed by atoms with van der Waals surface area (Å²) in [6.07, 6.45) is 5.39. The van der Waals surface area contributed by atoms with Crippen molar-refractivity contribution in [3.63, 3.8) is 0 Å². The zero-order chi connectivity index (χ0) is 17.6. The highest BCUT2D eigenvalue weighted by Gasteiger charge is 2.17. The normalized spacial score (nSPS) is 14.5. The van der Waals surface area contributed by atoms with Crippen LogP contribution in [0.2, 0.25) is 0 Å². The lowest BCUT2D eigenvalue weighted by molar-refractivity contribution is 0.0948. The Hall–Kier alpha value is -2.50. The SMILES string of the molecule is Cc1nc(NC2CCCC2)cc(C(=O)NCCc2ccc(F)cc2)n1. The van der Waals surface area contributed by atoms with Crippen LogP contribution in [0.25, 0.3) is 0 Å². The molecule has 6 heteroatoms. The molecule has 25 heavy (non-hydrogen) atoms. The zero-order valence-corrected chi connectivity index (χ0v) is 14.4. The van der Waals surface area contributed by atoms with Crippen LogP contribution in [0.5, 0.6) is 0 Å². The predicted octanol–water partition coefficient (Wildman–Crippen LogP) is 3.25. The molecule has 0 saturated heterocycles. The van der Waals surface area contributed by atoms with Gasteiger partial charge in [0.25, 0.3) is 5.91 Å². The number of hydrogen-bond acceptors (Lipinski definition) is 4. The van der Waals surface area contributed by atoms with Gasteiger partial charge in [0.05, 0.1) is 0 Å². The van der Waals surface area contributed by atoms with Crippen LogP contribution >= 0.6 is 0 Å². The molecule has 1 fully saturated rings. The van der Waals surface area contributed by atoms with Crippen LogP contribution in [0.3, 0.4) is 0 Å². The van der Waals surface area contributed by atoms with Gasteiger partial charge in [0.15, 0.2) is 0 Å². The zero-order valence-electron chi connectivity index (χ0n) is 14.4. The van der Waals surface area contributed by atoms with Gasteiger partial charge in [-0.15, -0.1) is 0 Å². The Morgan fingerprint density at radius 3 is 2.64 bits per heavy atom. The third-order valence-electron chi connectivity index (χ3n) is 4.39. The molecule has 132 valence electrons. The second kappa shape index (κ2) is 8.05. The van der Waals surface area contributed by atoms with Gasteiger partial charge in [-0.25, -0.2) is 14.4 Å². The number of hydrogen-bond donors (Lipinski definition) is 2. The van der Waals surface area contributed by atoms with Gasteiger partial charge >= 0.3 is 0 Å². The Labute approximate surface area is 147 Å². The molecule has 1 saturated carbocycles. The lowest BCUT2D eigenvalue weighted by Gasteiger charge is -2.14. The Morgan fingerprint density at radius 1 is 1.20 bits per heavy atom. The highest BCUT2D eigenvalue weighted by molar-refractivity contribution is 5.92. The van der Waals surface area contributed by atoms with Crippen molar-refractivity contribution in [2.75, 3.05) is 11.9 Å². The van der Waals surface area contributed by atoms with E-state index in [0.29, 0.717) is 36.3 Å². The second-order valence-electron chi connectivity index (χ2n) is 6.44. The van der Waals surface area contributed by atoms with Crippen molar-refractivity contribution in [3.05, 3.63) is 53.2 Å². The highest BCUT2D eigenvalue weighted by Crippen LogP contribution is 2.21. The molecule has 0 unspecified atom stereocenters. The molecule has 0 radical (unpaired) electrons. The molecule has 1 aliphatic carbocycles. The smallest absolute Gasteiger partial charge is 0.270 e. The maximum absolute atomic E-state index is 12.9. The number of anilines is 1. The number of benzene rings is 1. The van der Waals surface area contributed by atoms with Crippen molar-refractivity contribution < 1.29 is 9.18 Å². The molecule has 0 atom stereocenters. The summed E-state index contributed by atoms with van der Waals surface area (Å²) >= 11 is 0. The van der Waals surface area contributed by atoms with Crippen LogP contribution < -0.4 is 10.6 Å². The van der Waals surface area contributed by atoms with E-state index in [-0.39, 0.29) is 11.7 Å². The molecule has 2 aromatic rings. The van der Waals surface area contributed by atoms with Gasteiger partial charge in [0, 0.05) is 18.7 Å². The van der Waals surface area contributed by atoms with Crippen molar-refractivity contribution in [2.24, 2.45) is 0 Å². The van der Waals surface area contributed by atoms with E-state index in [0.717, 1.165) is 18.4 Å². The first-order valence-corrected chi connectivity index (χ1v) is 8.75. The second-order valence-corrected chi connectivity index (χ2v) is 6.44. The Bertz CT molecular complexity index is 727. The van der Waals surface area contributed by atoms with Crippen LogP contribution in [0, 0.1) is 12.7 Å². The molecule has 1 aliphatic rings. The van der Waals surface area contributed by atoms with E-state index in [1.165, 1.54) is 25.0 Å². The molecule has 1 amide bonds. The summed E-state index contributed by atoms with van der Waals surface area (Å²) in [7, 11) is 0. The van der Waals surface area contributed by atoms with Crippen LogP contribution in [0.4, 0.5) is 10.2 Å². The lowest BCUT2D eigenvalue weighted by atomic mass is 10.1. The van der Waals surface area contributed by atoms with Gasteiger partial charge in [-0.2, -0.15) is 0 Å². The topological polar surface area (TPSA) is 66.9 Å². The molecule has 0 spiro atoms. The summed E-state index contributed by atoms with van der Waals surface area (Å²) in [6.45, 7) is 2.26. The summed E-state index contributed by atoms with van der Waals surface area (Å²) in [6, 6.07) is 8.43. The molecule has 1 heterocycles. The van der Waals surface area contributed by atoms with Gasteiger partial charge in [0.2, 0.25) is 0 Å². The van der Waals surface area contributed by atoms with Crippen LogP contribution in [0.1, 0.15) is 47.6 Å². The minimum atomic E-state index is -0.258. The van der Waals surface area contributed by atoms with Gasteiger partial charge < -0.3 is 10.6 Å². The quantitative estimate of drug-likeness (QED) is 0.846. The van der Waals surface area contributed by atoms with Crippen molar-refractivity contribution in [1.29, 1.82) is 0 Å². The molecule has 1 aromatic carbocycles. The molecule has 2 N–H and O–H groups in total. The van der Waals surface area contributed by atoms with E-state index >= 15 is 0 Å². The Morgan fingerprint density at radius 2 is 1.92 bits per heavy atom. The van der Waals surface area contributed by atoms with E-state index in [2.05, 4.69) is 20.6 Å². The molecular formula is C19H23FN4O. The third-order valence-corrected chi connectivity index (χ3v) is 4.39. The fourth-order valence-corrected chi connectivity index (χ4v) is 3.10. The first kappa shape index (κ1) is 17.3. The molecule has 0 aliphatic heterocycles. The van der Waals surface area contributed by atoms with Crippen LogP contribution in [-0.4, -0.2) is 28.5 Å². The average molecular weight is 342 g/mol. The number of aryl methyl sites for hydroxylation is 1. The highest BCUT2D eigenvalue weighted by atomic mass is 19.1.